The summed E-state index contributed by atoms with van der Waals surface area (Å²) >= 11 is 0. The summed E-state index contributed by atoms with van der Waals surface area (Å²) in [5.41, 5.74) is 8.61. The van der Waals surface area contributed by atoms with Crippen molar-refractivity contribution >= 4 is 65.3 Å². The lowest BCUT2D eigenvalue weighted by Gasteiger charge is -2.12. The fourth-order valence-corrected chi connectivity index (χ4v) is 7.31. The fourth-order valence-electron chi connectivity index (χ4n) is 7.31. The van der Waals surface area contributed by atoms with Crippen LogP contribution in [-0.4, -0.2) is 19.1 Å². The van der Waals surface area contributed by atoms with Crippen LogP contribution in [0.2, 0.25) is 0 Å². The van der Waals surface area contributed by atoms with Crippen molar-refractivity contribution in [2.45, 2.75) is 0 Å². The van der Waals surface area contributed by atoms with Crippen LogP contribution in [0.15, 0.2) is 158 Å². The van der Waals surface area contributed by atoms with Crippen LogP contribution in [0.5, 0.6) is 0 Å². The van der Waals surface area contributed by atoms with E-state index in [1.54, 1.807) is 0 Å². The van der Waals surface area contributed by atoms with Gasteiger partial charge in [0.05, 0.1) is 33.3 Å². The van der Waals surface area contributed by atoms with Gasteiger partial charge in [0, 0.05) is 38.2 Å². The molecule has 0 aliphatic heterocycles. The Balaban J connectivity index is 1.32. The van der Waals surface area contributed by atoms with E-state index in [1.165, 1.54) is 43.4 Å². The van der Waals surface area contributed by atoms with Crippen molar-refractivity contribution in [1.29, 1.82) is 0 Å². The molecule has 214 valence electrons. The van der Waals surface area contributed by atoms with Crippen molar-refractivity contribution < 1.29 is 0 Å². The second-order valence-corrected chi connectivity index (χ2v) is 11.8. The molecule has 0 spiro atoms. The molecule has 3 heterocycles. The number of hydrogen-bond donors (Lipinski definition) is 0. The highest BCUT2D eigenvalue weighted by Gasteiger charge is 2.22. The van der Waals surface area contributed by atoms with E-state index in [4.69, 9.17) is 9.97 Å². The molecule has 0 radical (unpaired) electrons. The van der Waals surface area contributed by atoms with E-state index in [-0.39, 0.29) is 0 Å². The van der Waals surface area contributed by atoms with Crippen LogP contribution < -0.4 is 0 Å². The van der Waals surface area contributed by atoms with Gasteiger partial charge in [-0.3, -0.25) is 4.57 Å². The highest BCUT2D eigenvalue weighted by molar-refractivity contribution is 6.28. The third-order valence-electron chi connectivity index (χ3n) is 9.30. The van der Waals surface area contributed by atoms with Crippen molar-refractivity contribution in [2.75, 3.05) is 0 Å². The maximum Gasteiger partial charge on any atom is 0.235 e. The van der Waals surface area contributed by atoms with Gasteiger partial charge in [0.2, 0.25) is 5.95 Å². The molecule has 4 heteroatoms. The first-order chi connectivity index (χ1) is 22.8. The second-order valence-electron chi connectivity index (χ2n) is 11.8. The van der Waals surface area contributed by atoms with Gasteiger partial charge < -0.3 is 4.57 Å². The molecule has 0 unspecified atom stereocenters. The Kier molecular flexibility index (Phi) is 5.25. The summed E-state index contributed by atoms with van der Waals surface area (Å²) in [6.07, 6.45) is 0. The molecule has 3 aromatic heterocycles. The van der Waals surface area contributed by atoms with Crippen molar-refractivity contribution in [2.24, 2.45) is 0 Å². The minimum atomic E-state index is 0.666. The largest absolute Gasteiger partial charge is 0.309 e. The summed E-state index contributed by atoms with van der Waals surface area (Å²) in [4.78, 5) is 10.6. The number of hydrogen-bond acceptors (Lipinski definition) is 2. The van der Waals surface area contributed by atoms with Crippen molar-refractivity contribution in [3.05, 3.63) is 158 Å². The molecule has 10 aromatic rings. The van der Waals surface area contributed by atoms with E-state index < -0.39 is 0 Å². The molecule has 4 nitrogen and oxygen atoms in total. The molecule has 7 aromatic carbocycles. The highest BCUT2D eigenvalue weighted by atomic mass is 15.2. The number of nitrogens with zero attached hydrogens (tertiary/aromatic N) is 4. The zero-order chi connectivity index (χ0) is 30.2. The van der Waals surface area contributed by atoms with Crippen LogP contribution in [-0.2, 0) is 0 Å². The molecular formula is C42H26N4. The van der Waals surface area contributed by atoms with Crippen molar-refractivity contribution in [3.8, 4) is 22.9 Å². The van der Waals surface area contributed by atoms with Crippen LogP contribution >= 0.6 is 0 Å². The first kappa shape index (κ1) is 25.1. The molecule has 0 aliphatic rings. The summed E-state index contributed by atoms with van der Waals surface area (Å²) in [7, 11) is 0. The van der Waals surface area contributed by atoms with E-state index in [2.05, 4.69) is 167 Å². The summed E-state index contributed by atoms with van der Waals surface area (Å²) in [6.45, 7) is 0. The highest BCUT2D eigenvalue weighted by Crippen LogP contribution is 2.42. The molecule has 0 bridgehead atoms. The zero-order valence-corrected chi connectivity index (χ0v) is 24.8. The molecule has 0 saturated heterocycles. The molecule has 0 amide bonds. The van der Waals surface area contributed by atoms with Gasteiger partial charge in [0.25, 0.3) is 0 Å². The minimum Gasteiger partial charge on any atom is -0.309 e. The van der Waals surface area contributed by atoms with Crippen LogP contribution in [0.1, 0.15) is 0 Å². The smallest absolute Gasteiger partial charge is 0.235 e. The molecule has 0 saturated carbocycles. The van der Waals surface area contributed by atoms with E-state index in [0.29, 0.717) is 5.95 Å². The van der Waals surface area contributed by atoms with Crippen molar-refractivity contribution in [1.82, 2.24) is 19.1 Å². The molecule has 46 heavy (non-hydrogen) atoms. The molecular weight excluding hydrogens is 560 g/mol. The van der Waals surface area contributed by atoms with Crippen LogP contribution in [0, 0.1) is 0 Å². The third-order valence-corrected chi connectivity index (χ3v) is 9.30. The van der Waals surface area contributed by atoms with Gasteiger partial charge in [-0.25, -0.2) is 9.97 Å². The number of benzene rings is 7. The summed E-state index contributed by atoms with van der Waals surface area (Å²) in [6, 6.07) is 55.9. The Hall–Kier alpha value is -6.26. The normalized spacial score (nSPS) is 11.9. The Bertz CT molecular complexity index is 2810. The third kappa shape index (κ3) is 3.55. The quantitative estimate of drug-likeness (QED) is 0.206. The minimum absolute atomic E-state index is 0.666. The molecule has 0 aliphatic carbocycles. The van der Waals surface area contributed by atoms with Crippen molar-refractivity contribution in [3.63, 3.8) is 0 Å². The van der Waals surface area contributed by atoms with Gasteiger partial charge in [-0.2, -0.15) is 0 Å². The Morgan fingerprint density at radius 1 is 0.391 bits per heavy atom. The van der Waals surface area contributed by atoms with Gasteiger partial charge in [0.1, 0.15) is 0 Å². The number of rotatable bonds is 3. The second kappa shape index (κ2) is 9.62. The molecule has 0 fully saturated rings. The zero-order valence-electron chi connectivity index (χ0n) is 24.8. The average Bonchev–Trinajstić information content (AvgIpc) is 3.64. The standard InChI is InChI=1S/C42H26N4/c1-2-14-30(15-3-1)45-35-20-10-7-17-32(35)39-37(45)24-25-38-40(39)33-18-8-11-21-36(33)46(38)42-43-34-19-9-6-16-31(34)41(44-42)29-23-22-27-12-4-5-13-28(27)26-29/h1-26H. The summed E-state index contributed by atoms with van der Waals surface area (Å²) in [5, 5.41) is 8.31. The number of aromatic nitrogens is 4. The first-order valence-corrected chi connectivity index (χ1v) is 15.6. The van der Waals surface area contributed by atoms with E-state index >= 15 is 0 Å². The maximum atomic E-state index is 5.36. The van der Waals surface area contributed by atoms with E-state index in [9.17, 15) is 0 Å². The Morgan fingerprint density at radius 2 is 0.978 bits per heavy atom. The van der Waals surface area contributed by atoms with Gasteiger partial charge in [0.15, 0.2) is 0 Å². The molecule has 10 rings (SSSR count). The van der Waals surface area contributed by atoms with Crippen LogP contribution in [0.4, 0.5) is 0 Å². The predicted octanol–water partition coefficient (Wildman–Crippen LogP) is 10.6. The number of fused-ring (bicyclic) bond motifs is 9. The lowest BCUT2D eigenvalue weighted by Crippen LogP contribution is -2.03. The average molecular weight is 587 g/mol. The monoisotopic (exact) mass is 586 g/mol. The van der Waals surface area contributed by atoms with E-state index in [1.807, 2.05) is 0 Å². The summed E-state index contributed by atoms with van der Waals surface area (Å²) in [5.74, 6) is 0.666. The Morgan fingerprint density at radius 3 is 1.74 bits per heavy atom. The van der Waals surface area contributed by atoms with Gasteiger partial charge in [-0.05, 0) is 59.3 Å². The first-order valence-electron chi connectivity index (χ1n) is 15.6. The molecule has 0 N–H and O–H groups in total. The fraction of sp³-hybridized carbons (Fsp3) is 0. The maximum absolute atomic E-state index is 5.36. The lowest BCUT2D eigenvalue weighted by molar-refractivity contribution is 1.01. The van der Waals surface area contributed by atoms with Gasteiger partial charge >= 0.3 is 0 Å². The molecule has 0 atom stereocenters. The Labute approximate surface area is 264 Å². The van der Waals surface area contributed by atoms with E-state index in [0.717, 1.165) is 38.9 Å². The van der Waals surface area contributed by atoms with Gasteiger partial charge in [-0.1, -0.05) is 109 Å². The predicted molar refractivity (Wildman–Crippen MR) is 191 cm³/mol. The number of para-hydroxylation sites is 4. The van der Waals surface area contributed by atoms with Crippen LogP contribution in [0.25, 0.3) is 88.2 Å². The summed E-state index contributed by atoms with van der Waals surface area (Å²) < 4.78 is 4.62. The van der Waals surface area contributed by atoms with Crippen LogP contribution in [0.3, 0.4) is 0 Å². The SMILES string of the molecule is c1ccc(-n2c3ccccc3c3c4c5ccccc5n(-c5nc(-c6ccc7ccccc7c6)c6ccccc6n5)c4ccc32)cc1. The topological polar surface area (TPSA) is 35.6 Å². The lowest BCUT2D eigenvalue weighted by atomic mass is 10.0. The van der Waals surface area contributed by atoms with Gasteiger partial charge in [-0.15, -0.1) is 0 Å².